The Morgan fingerprint density at radius 3 is 1.72 bits per heavy atom. The zero-order chi connectivity index (χ0) is 17.3. The van der Waals surface area contributed by atoms with Gasteiger partial charge in [0.25, 0.3) is 0 Å². The highest BCUT2D eigenvalue weighted by Gasteiger charge is 2.09. The molecule has 0 amide bonds. The van der Waals surface area contributed by atoms with Gasteiger partial charge in [-0.3, -0.25) is 0 Å². The highest BCUT2D eigenvalue weighted by atomic mass is 16.7. The van der Waals surface area contributed by atoms with Crippen LogP contribution in [0.5, 0.6) is 0 Å². The molecular formula is C22H19NO2. The van der Waals surface area contributed by atoms with Crippen LogP contribution in [-0.4, -0.2) is 11.7 Å². The zero-order valence-electron chi connectivity index (χ0n) is 13.8. The van der Waals surface area contributed by atoms with Crippen molar-refractivity contribution < 1.29 is 9.63 Å². The third-order valence-corrected chi connectivity index (χ3v) is 3.79. The van der Waals surface area contributed by atoms with E-state index < -0.39 is 0 Å². The molecule has 0 aromatic heterocycles. The van der Waals surface area contributed by atoms with Gasteiger partial charge in [-0.15, -0.1) is 0 Å². The maximum atomic E-state index is 12.1. The van der Waals surface area contributed by atoms with E-state index in [0.717, 1.165) is 16.7 Å². The first-order chi connectivity index (χ1) is 12.3. The fourth-order valence-electron chi connectivity index (χ4n) is 2.50. The van der Waals surface area contributed by atoms with Crippen LogP contribution in [0, 0.1) is 0 Å². The lowest BCUT2D eigenvalue weighted by Crippen LogP contribution is -2.08. The van der Waals surface area contributed by atoms with Crippen molar-refractivity contribution in [1.29, 1.82) is 0 Å². The van der Waals surface area contributed by atoms with Crippen LogP contribution < -0.4 is 0 Å². The summed E-state index contributed by atoms with van der Waals surface area (Å²) in [7, 11) is 0. The van der Waals surface area contributed by atoms with Gasteiger partial charge in [0.1, 0.15) is 5.71 Å². The first-order valence-electron chi connectivity index (χ1n) is 8.25. The number of hydrogen-bond donors (Lipinski definition) is 0. The van der Waals surface area contributed by atoms with Crippen LogP contribution in [0.15, 0.2) is 96.2 Å². The lowest BCUT2D eigenvalue weighted by atomic mass is 10.0. The Labute approximate surface area is 147 Å². The van der Waals surface area contributed by atoms with Crippen LogP contribution in [0.3, 0.4) is 0 Å². The van der Waals surface area contributed by atoms with Gasteiger partial charge in [-0.2, -0.15) is 0 Å². The van der Waals surface area contributed by atoms with E-state index in [-0.39, 0.29) is 5.97 Å². The van der Waals surface area contributed by atoms with Gasteiger partial charge in [0.2, 0.25) is 0 Å². The summed E-state index contributed by atoms with van der Waals surface area (Å²) in [6.45, 7) is 0. The Kier molecular flexibility index (Phi) is 5.73. The molecule has 0 aliphatic rings. The van der Waals surface area contributed by atoms with Crippen LogP contribution in [0.2, 0.25) is 0 Å². The Bertz CT molecular complexity index is 786. The lowest BCUT2D eigenvalue weighted by Gasteiger charge is -2.07. The Hall–Kier alpha value is -3.20. The Morgan fingerprint density at radius 1 is 0.720 bits per heavy atom. The van der Waals surface area contributed by atoms with Gasteiger partial charge in [0.15, 0.2) is 0 Å². The molecule has 0 heterocycles. The van der Waals surface area contributed by atoms with E-state index >= 15 is 0 Å². The molecule has 3 aromatic carbocycles. The third kappa shape index (κ3) is 4.88. The molecule has 0 unspecified atom stereocenters. The summed E-state index contributed by atoms with van der Waals surface area (Å²) in [5.41, 5.74) is 3.57. The van der Waals surface area contributed by atoms with E-state index in [1.165, 1.54) is 0 Å². The first kappa shape index (κ1) is 16.7. The number of benzene rings is 3. The Balaban J connectivity index is 1.72. The van der Waals surface area contributed by atoms with Crippen LogP contribution >= 0.6 is 0 Å². The van der Waals surface area contributed by atoms with E-state index in [1.54, 1.807) is 0 Å². The van der Waals surface area contributed by atoms with Crippen molar-refractivity contribution in [1.82, 2.24) is 0 Å². The summed E-state index contributed by atoms with van der Waals surface area (Å²) in [5.74, 6) is -0.340. The maximum Gasteiger partial charge on any atom is 0.335 e. The molecule has 0 saturated heterocycles. The molecule has 0 aliphatic heterocycles. The number of oxime groups is 1. The van der Waals surface area contributed by atoms with Gasteiger partial charge in [0.05, 0.1) is 6.42 Å². The van der Waals surface area contributed by atoms with E-state index in [2.05, 4.69) is 5.16 Å². The summed E-state index contributed by atoms with van der Waals surface area (Å²) in [4.78, 5) is 17.2. The van der Waals surface area contributed by atoms with Crippen molar-refractivity contribution in [2.24, 2.45) is 5.16 Å². The van der Waals surface area contributed by atoms with Gasteiger partial charge < -0.3 is 4.84 Å². The minimum absolute atomic E-state index is 0.296. The summed E-state index contributed by atoms with van der Waals surface area (Å²) >= 11 is 0. The molecule has 25 heavy (non-hydrogen) atoms. The molecule has 0 aliphatic carbocycles. The van der Waals surface area contributed by atoms with E-state index in [9.17, 15) is 4.79 Å². The highest BCUT2D eigenvalue weighted by Crippen LogP contribution is 2.12. The summed E-state index contributed by atoms with van der Waals surface area (Å²) in [6.07, 6.45) is 0.936. The van der Waals surface area contributed by atoms with Gasteiger partial charge >= 0.3 is 5.97 Å². The van der Waals surface area contributed by atoms with Gasteiger partial charge in [0, 0.05) is 11.1 Å². The zero-order valence-corrected chi connectivity index (χ0v) is 13.8. The molecule has 3 heteroatoms. The topological polar surface area (TPSA) is 38.7 Å². The number of hydrogen-bond acceptors (Lipinski definition) is 3. The van der Waals surface area contributed by atoms with Crippen molar-refractivity contribution in [3.63, 3.8) is 0 Å². The minimum atomic E-state index is -0.340. The van der Waals surface area contributed by atoms with Crippen molar-refractivity contribution >= 4 is 11.7 Å². The smallest absolute Gasteiger partial charge is 0.318 e. The molecule has 3 rings (SSSR count). The summed E-state index contributed by atoms with van der Waals surface area (Å²) in [6, 6.07) is 29.3. The molecular weight excluding hydrogens is 310 g/mol. The van der Waals surface area contributed by atoms with E-state index in [4.69, 9.17) is 4.84 Å². The van der Waals surface area contributed by atoms with Crippen molar-refractivity contribution in [2.75, 3.05) is 0 Å². The predicted octanol–water partition coefficient (Wildman–Crippen LogP) is 4.62. The predicted molar refractivity (Wildman–Crippen MR) is 99.4 cm³/mol. The number of aryl methyl sites for hydroxylation is 1. The lowest BCUT2D eigenvalue weighted by molar-refractivity contribution is -0.143. The van der Waals surface area contributed by atoms with Crippen molar-refractivity contribution in [3.8, 4) is 0 Å². The molecule has 0 N–H and O–H groups in total. The molecule has 0 spiro atoms. The molecule has 0 bridgehead atoms. The van der Waals surface area contributed by atoms with Crippen molar-refractivity contribution in [2.45, 2.75) is 12.8 Å². The molecule has 0 saturated carbocycles. The maximum absolute atomic E-state index is 12.1. The van der Waals surface area contributed by atoms with Crippen LogP contribution in [0.25, 0.3) is 0 Å². The number of carbonyl (C=O) groups excluding carboxylic acids is 1. The first-order valence-corrected chi connectivity index (χ1v) is 8.25. The molecule has 3 nitrogen and oxygen atoms in total. The number of nitrogens with zero attached hydrogens (tertiary/aromatic N) is 1. The van der Waals surface area contributed by atoms with E-state index in [0.29, 0.717) is 18.6 Å². The largest absolute Gasteiger partial charge is 0.335 e. The molecule has 3 aromatic rings. The second-order valence-electron chi connectivity index (χ2n) is 5.62. The molecule has 124 valence electrons. The van der Waals surface area contributed by atoms with Gasteiger partial charge in [-0.1, -0.05) is 96.2 Å². The summed E-state index contributed by atoms with van der Waals surface area (Å²) in [5, 5.41) is 4.14. The quantitative estimate of drug-likeness (QED) is 0.376. The second kappa shape index (κ2) is 8.60. The fourth-order valence-corrected chi connectivity index (χ4v) is 2.50. The molecule has 0 atom stereocenters. The summed E-state index contributed by atoms with van der Waals surface area (Å²) < 4.78 is 0. The van der Waals surface area contributed by atoms with Gasteiger partial charge in [-0.25, -0.2) is 4.79 Å². The second-order valence-corrected chi connectivity index (χ2v) is 5.62. The van der Waals surface area contributed by atoms with Crippen LogP contribution in [0.1, 0.15) is 23.1 Å². The number of carbonyl (C=O) groups is 1. The third-order valence-electron chi connectivity index (χ3n) is 3.79. The van der Waals surface area contributed by atoms with Crippen molar-refractivity contribution in [3.05, 3.63) is 108 Å². The van der Waals surface area contributed by atoms with Gasteiger partial charge in [-0.05, 0) is 12.0 Å². The highest BCUT2D eigenvalue weighted by molar-refractivity contribution is 6.12. The van der Waals surface area contributed by atoms with E-state index in [1.807, 2.05) is 91.0 Å². The SMILES string of the molecule is O=C(CCc1ccccc1)ON=C(c1ccccc1)c1ccccc1. The average molecular weight is 329 g/mol. The molecule has 0 fully saturated rings. The Morgan fingerprint density at radius 2 is 1.20 bits per heavy atom. The van der Waals surface area contributed by atoms with Crippen LogP contribution in [-0.2, 0) is 16.1 Å². The molecule has 0 radical (unpaired) electrons. The van der Waals surface area contributed by atoms with Crippen LogP contribution in [0.4, 0.5) is 0 Å². The monoisotopic (exact) mass is 329 g/mol. The fraction of sp³-hybridized carbons (Fsp3) is 0.0909. The number of rotatable bonds is 6. The minimum Gasteiger partial charge on any atom is -0.318 e. The normalized spacial score (nSPS) is 10.1. The standard InChI is InChI=1S/C22H19NO2/c24-21(17-16-18-10-4-1-5-11-18)25-23-22(19-12-6-2-7-13-19)20-14-8-3-9-15-20/h1-15H,16-17H2. The average Bonchev–Trinajstić information content (AvgIpc) is 2.69.